The number of benzene rings is 2. The molecule has 0 fully saturated rings. The van der Waals surface area contributed by atoms with Crippen LogP contribution in [0, 0.1) is 0 Å². The van der Waals surface area contributed by atoms with Crippen LogP contribution in [0.5, 0.6) is 0 Å². The van der Waals surface area contributed by atoms with Crippen LogP contribution in [0.4, 0.5) is 5.69 Å². The van der Waals surface area contributed by atoms with Crippen LogP contribution in [-0.2, 0) is 16.3 Å². The lowest BCUT2D eigenvalue weighted by Gasteiger charge is -2.07. The summed E-state index contributed by atoms with van der Waals surface area (Å²) < 4.78 is 24.3. The molecule has 18 heavy (non-hydrogen) atoms. The molecular formula is C14H15NO2S. The second-order valence-corrected chi connectivity index (χ2v) is 6.17. The lowest BCUT2D eigenvalue weighted by Crippen LogP contribution is -2.11. The lowest BCUT2D eigenvalue weighted by atomic mass is 10.2. The fourth-order valence-corrected chi connectivity index (χ4v) is 3.21. The highest BCUT2D eigenvalue weighted by atomic mass is 32.2. The quantitative estimate of drug-likeness (QED) is 0.859. The summed E-state index contributed by atoms with van der Waals surface area (Å²) in [6.45, 7) is 0. The molecule has 0 saturated carbocycles. The van der Waals surface area contributed by atoms with Gasteiger partial charge in [0.1, 0.15) is 0 Å². The SMILES string of the molecule is Nc1ccccc1S(=O)(=O)CCc1ccccc1. The normalized spacial score (nSPS) is 11.3. The van der Waals surface area contributed by atoms with E-state index in [2.05, 4.69) is 0 Å². The highest BCUT2D eigenvalue weighted by Crippen LogP contribution is 2.19. The first-order valence-corrected chi connectivity index (χ1v) is 7.36. The van der Waals surface area contributed by atoms with Gasteiger partial charge in [0.25, 0.3) is 0 Å². The van der Waals surface area contributed by atoms with E-state index in [9.17, 15) is 8.42 Å². The maximum absolute atomic E-state index is 12.1. The largest absolute Gasteiger partial charge is 0.398 e. The Balaban J connectivity index is 2.16. The van der Waals surface area contributed by atoms with Gasteiger partial charge in [0, 0.05) is 0 Å². The van der Waals surface area contributed by atoms with Crippen molar-refractivity contribution >= 4 is 15.5 Å². The summed E-state index contributed by atoms with van der Waals surface area (Å²) in [7, 11) is -3.31. The van der Waals surface area contributed by atoms with Crippen molar-refractivity contribution in [3.05, 3.63) is 60.2 Å². The van der Waals surface area contributed by atoms with Crippen molar-refractivity contribution in [1.82, 2.24) is 0 Å². The topological polar surface area (TPSA) is 60.2 Å². The van der Waals surface area contributed by atoms with Gasteiger partial charge < -0.3 is 5.73 Å². The van der Waals surface area contributed by atoms with Gasteiger partial charge in [0.15, 0.2) is 9.84 Å². The van der Waals surface area contributed by atoms with Crippen LogP contribution >= 0.6 is 0 Å². The van der Waals surface area contributed by atoms with Gasteiger partial charge in [-0.15, -0.1) is 0 Å². The van der Waals surface area contributed by atoms with E-state index in [1.54, 1.807) is 24.3 Å². The van der Waals surface area contributed by atoms with Crippen molar-refractivity contribution in [3.8, 4) is 0 Å². The van der Waals surface area contributed by atoms with Crippen LogP contribution in [0.25, 0.3) is 0 Å². The minimum absolute atomic E-state index is 0.0746. The second kappa shape index (κ2) is 5.23. The zero-order valence-corrected chi connectivity index (χ0v) is 10.7. The van der Waals surface area contributed by atoms with E-state index in [1.165, 1.54) is 0 Å². The van der Waals surface area contributed by atoms with Gasteiger partial charge in [0.05, 0.1) is 16.3 Å². The minimum atomic E-state index is -3.31. The number of aryl methyl sites for hydroxylation is 1. The molecule has 3 nitrogen and oxygen atoms in total. The predicted octanol–water partition coefficient (Wildman–Crippen LogP) is 2.29. The number of nitrogens with two attached hydrogens (primary N) is 1. The molecule has 0 aliphatic carbocycles. The third-order valence-electron chi connectivity index (χ3n) is 2.76. The third-order valence-corrected chi connectivity index (χ3v) is 4.54. The molecule has 0 amide bonds. The van der Waals surface area contributed by atoms with Gasteiger partial charge in [-0.1, -0.05) is 42.5 Å². The summed E-state index contributed by atoms with van der Waals surface area (Å²) in [5.41, 5.74) is 7.02. The second-order valence-electron chi connectivity index (χ2n) is 4.09. The Labute approximate surface area is 107 Å². The van der Waals surface area contributed by atoms with E-state index < -0.39 is 9.84 Å². The van der Waals surface area contributed by atoms with Crippen LogP contribution in [0.1, 0.15) is 5.56 Å². The summed E-state index contributed by atoms with van der Waals surface area (Å²) in [6, 6.07) is 16.1. The number of sulfone groups is 1. The molecule has 2 rings (SSSR count). The monoisotopic (exact) mass is 261 g/mol. The molecule has 0 heterocycles. The molecule has 0 bridgehead atoms. The molecule has 0 aromatic heterocycles. The third kappa shape index (κ3) is 2.90. The van der Waals surface area contributed by atoms with Gasteiger partial charge in [0.2, 0.25) is 0 Å². The van der Waals surface area contributed by atoms with E-state index in [1.807, 2.05) is 30.3 Å². The van der Waals surface area contributed by atoms with E-state index in [-0.39, 0.29) is 10.6 Å². The minimum Gasteiger partial charge on any atom is -0.398 e. The molecule has 2 aromatic rings. The van der Waals surface area contributed by atoms with Crippen molar-refractivity contribution in [2.24, 2.45) is 0 Å². The van der Waals surface area contributed by atoms with Crippen LogP contribution in [0.15, 0.2) is 59.5 Å². The Morgan fingerprint density at radius 3 is 2.17 bits per heavy atom. The zero-order valence-electron chi connectivity index (χ0n) is 9.91. The van der Waals surface area contributed by atoms with Gasteiger partial charge in [-0.05, 0) is 24.1 Å². The summed E-state index contributed by atoms with van der Waals surface area (Å²) in [5, 5.41) is 0. The van der Waals surface area contributed by atoms with Crippen molar-refractivity contribution in [3.63, 3.8) is 0 Å². The average molecular weight is 261 g/mol. The molecule has 94 valence electrons. The number of anilines is 1. The van der Waals surface area contributed by atoms with Crippen LogP contribution in [0.2, 0.25) is 0 Å². The average Bonchev–Trinajstić information content (AvgIpc) is 2.38. The predicted molar refractivity (Wildman–Crippen MR) is 73.1 cm³/mol. The molecule has 0 spiro atoms. The summed E-state index contributed by atoms with van der Waals surface area (Å²) in [6.07, 6.45) is 0.498. The standard InChI is InChI=1S/C14H15NO2S/c15-13-8-4-5-9-14(13)18(16,17)11-10-12-6-2-1-3-7-12/h1-9H,10-11,15H2. The molecule has 0 saturated heterocycles. The van der Waals surface area contributed by atoms with Crippen LogP contribution in [-0.4, -0.2) is 14.2 Å². The van der Waals surface area contributed by atoms with Gasteiger partial charge in [-0.25, -0.2) is 8.42 Å². The van der Waals surface area contributed by atoms with Crippen molar-refractivity contribution in [1.29, 1.82) is 0 Å². The lowest BCUT2D eigenvalue weighted by molar-refractivity contribution is 0.595. The summed E-state index contributed by atoms with van der Waals surface area (Å²) in [4.78, 5) is 0.223. The maximum atomic E-state index is 12.1. The first-order valence-electron chi connectivity index (χ1n) is 5.71. The Bertz CT molecular complexity index is 621. The molecule has 2 N–H and O–H groups in total. The van der Waals surface area contributed by atoms with Crippen molar-refractivity contribution in [2.45, 2.75) is 11.3 Å². The molecular weight excluding hydrogens is 246 g/mol. The Morgan fingerprint density at radius 2 is 1.50 bits per heavy atom. The van der Waals surface area contributed by atoms with E-state index in [0.717, 1.165) is 5.56 Å². The highest BCUT2D eigenvalue weighted by molar-refractivity contribution is 7.91. The van der Waals surface area contributed by atoms with Crippen LogP contribution < -0.4 is 5.73 Å². The fraction of sp³-hybridized carbons (Fsp3) is 0.143. The summed E-state index contributed by atoms with van der Waals surface area (Å²) >= 11 is 0. The number of hydrogen-bond donors (Lipinski definition) is 1. The number of rotatable bonds is 4. The van der Waals surface area contributed by atoms with E-state index >= 15 is 0 Å². The van der Waals surface area contributed by atoms with Crippen molar-refractivity contribution in [2.75, 3.05) is 11.5 Å². The zero-order chi connectivity index (χ0) is 13.0. The summed E-state index contributed by atoms with van der Waals surface area (Å²) in [5.74, 6) is 0.0746. The molecule has 4 heteroatoms. The molecule has 0 aliphatic rings. The maximum Gasteiger partial charge on any atom is 0.180 e. The first kappa shape index (κ1) is 12.6. The number of nitrogen functional groups attached to an aromatic ring is 1. The molecule has 2 aromatic carbocycles. The van der Waals surface area contributed by atoms with Crippen LogP contribution in [0.3, 0.4) is 0 Å². The Kier molecular flexibility index (Phi) is 3.67. The highest BCUT2D eigenvalue weighted by Gasteiger charge is 2.16. The van der Waals surface area contributed by atoms with Gasteiger partial charge >= 0.3 is 0 Å². The fourth-order valence-electron chi connectivity index (χ4n) is 1.77. The van der Waals surface area contributed by atoms with E-state index in [4.69, 9.17) is 5.73 Å². The number of para-hydroxylation sites is 1. The molecule has 0 unspecified atom stereocenters. The van der Waals surface area contributed by atoms with E-state index in [0.29, 0.717) is 12.1 Å². The molecule has 0 aliphatic heterocycles. The Hall–Kier alpha value is -1.81. The van der Waals surface area contributed by atoms with Gasteiger partial charge in [-0.3, -0.25) is 0 Å². The number of hydrogen-bond acceptors (Lipinski definition) is 3. The van der Waals surface area contributed by atoms with Gasteiger partial charge in [-0.2, -0.15) is 0 Å². The van der Waals surface area contributed by atoms with Crippen molar-refractivity contribution < 1.29 is 8.42 Å². The first-order chi connectivity index (χ1) is 8.59. The molecule has 0 atom stereocenters. The Morgan fingerprint density at radius 1 is 0.889 bits per heavy atom. The smallest absolute Gasteiger partial charge is 0.180 e. The molecule has 0 radical (unpaired) electrons.